The van der Waals surface area contributed by atoms with Crippen LogP contribution in [-0.2, 0) is 6.54 Å². The third kappa shape index (κ3) is 4.06. The van der Waals surface area contributed by atoms with E-state index in [2.05, 4.69) is 40.5 Å². The first-order chi connectivity index (χ1) is 10.3. The van der Waals surface area contributed by atoms with E-state index in [-0.39, 0.29) is 0 Å². The molecule has 0 aromatic heterocycles. The molecule has 1 aliphatic heterocycles. The Balaban J connectivity index is 1.51. The Hall–Kier alpha value is -0.900. The van der Waals surface area contributed by atoms with E-state index in [0.717, 1.165) is 13.1 Å². The number of rotatable bonds is 5. The smallest absolute Gasteiger partial charge is 0.0234 e. The quantitative estimate of drug-likeness (QED) is 0.873. The van der Waals surface area contributed by atoms with Crippen molar-refractivity contribution in [1.29, 1.82) is 0 Å². The molecule has 0 spiro atoms. The largest absolute Gasteiger partial charge is 0.330 e. The highest BCUT2D eigenvalue weighted by atomic mass is 15.2. The second-order valence-corrected chi connectivity index (χ2v) is 6.76. The minimum Gasteiger partial charge on any atom is -0.330 e. The van der Waals surface area contributed by atoms with Crippen LogP contribution < -0.4 is 11.1 Å². The van der Waals surface area contributed by atoms with Crippen molar-refractivity contribution >= 4 is 0 Å². The Morgan fingerprint density at radius 3 is 2.76 bits per heavy atom. The van der Waals surface area contributed by atoms with Crippen LogP contribution in [0.15, 0.2) is 30.3 Å². The van der Waals surface area contributed by atoms with Crippen LogP contribution in [0.5, 0.6) is 0 Å². The highest BCUT2D eigenvalue weighted by molar-refractivity contribution is 5.14. The minimum atomic E-state index is 0.652. The Bertz CT molecular complexity index is 420. The molecule has 2 aliphatic rings. The van der Waals surface area contributed by atoms with Crippen molar-refractivity contribution in [3.63, 3.8) is 0 Å². The molecule has 1 aromatic rings. The zero-order chi connectivity index (χ0) is 14.5. The number of likely N-dealkylation sites (tertiary alicyclic amines) is 1. The maximum Gasteiger partial charge on any atom is 0.0234 e. The lowest BCUT2D eigenvalue weighted by Gasteiger charge is -2.36. The van der Waals surface area contributed by atoms with E-state index >= 15 is 0 Å². The lowest BCUT2D eigenvalue weighted by atomic mass is 9.99. The minimum absolute atomic E-state index is 0.652. The molecule has 2 fully saturated rings. The molecule has 1 saturated heterocycles. The van der Waals surface area contributed by atoms with Gasteiger partial charge in [0, 0.05) is 25.2 Å². The first-order valence-electron chi connectivity index (χ1n) is 8.57. The van der Waals surface area contributed by atoms with Crippen LogP contribution in [0.4, 0.5) is 0 Å². The SMILES string of the molecule is NCC1CCCC1NC1CCCN(Cc2ccccc2)C1. The molecule has 0 bridgehead atoms. The summed E-state index contributed by atoms with van der Waals surface area (Å²) in [6.45, 7) is 4.35. The van der Waals surface area contributed by atoms with Crippen LogP contribution in [0, 0.1) is 5.92 Å². The summed E-state index contributed by atoms with van der Waals surface area (Å²) >= 11 is 0. The number of benzene rings is 1. The molecule has 3 atom stereocenters. The molecule has 3 rings (SSSR count). The van der Waals surface area contributed by atoms with Gasteiger partial charge in [0.15, 0.2) is 0 Å². The van der Waals surface area contributed by atoms with E-state index < -0.39 is 0 Å². The monoisotopic (exact) mass is 287 g/mol. The van der Waals surface area contributed by atoms with Crippen molar-refractivity contribution in [1.82, 2.24) is 10.2 Å². The molecule has 0 amide bonds. The van der Waals surface area contributed by atoms with Crippen molar-refractivity contribution in [2.75, 3.05) is 19.6 Å². The lowest BCUT2D eigenvalue weighted by Crippen LogP contribution is -2.50. The normalized spacial score (nSPS) is 30.6. The summed E-state index contributed by atoms with van der Waals surface area (Å²) < 4.78 is 0. The van der Waals surface area contributed by atoms with Gasteiger partial charge in [-0.05, 0) is 50.3 Å². The molecular formula is C18H29N3. The average molecular weight is 287 g/mol. The average Bonchev–Trinajstić information content (AvgIpc) is 2.96. The molecule has 116 valence electrons. The van der Waals surface area contributed by atoms with Crippen LogP contribution in [-0.4, -0.2) is 36.6 Å². The Morgan fingerprint density at radius 1 is 1.10 bits per heavy atom. The molecule has 3 N–H and O–H groups in total. The highest BCUT2D eigenvalue weighted by Crippen LogP contribution is 2.26. The van der Waals surface area contributed by atoms with Gasteiger partial charge in [0.1, 0.15) is 0 Å². The van der Waals surface area contributed by atoms with Crippen molar-refractivity contribution in [2.24, 2.45) is 11.7 Å². The van der Waals surface area contributed by atoms with E-state index in [0.29, 0.717) is 18.0 Å². The first-order valence-corrected chi connectivity index (χ1v) is 8.57. The van der Waals surface area contributed by atoms with Gasteiger partial charge in [-0.15, -0.1) is 0 Å². The van der Waals surface area contributed by atoms with Crippen molar-refractivity contribution in [2.45, 2.75) is 50.7 Å². The fraction of sp³-hybridized carbons (Fsp3) is 0.667. The fourth-order valence-electron chi connectivity index (χ4n) is 4.02. The molecule has 3 nitrogen and oxygen atoms in total. The number of nitrogens with two attached hydrogens (primary N) is 1. The predicted molar refractivity (Wildman–Crippen MR) is 88.1 cm³/mol. The summed E-state index contributed by atoms with van der Waals surface area (Å²) in [6.07, 6.45) is 6.61. The van der Waals surface area contributed by atoms with Crippen molar-refractivity contribution in [3.05, 3.63) is 35.9 Å². The van der Waals surface area contributed by atoms with Crippen LogP contribution in [0.3, 0.4) is 0 Å². The van der Waals surface area contributed by atoms with Crippen molar-refractivity contribution < 1.29 is 0 Å². The maximum absolute atomic E-state index is 5.91. The van der Waals surface area contributed by atoms with Gasteiger partial charge >= 0.3 is 0 Å². The zero-order valence-corrected chi connectivity index (χ0v) is 13.0. The van der Waals surface area contributed by atoms with Crippen LogP contribution in [0.1, 0.15) is 37.7 Å². The second-order valence-electron chi connectivity index (χ2n) is 6.76. The molecule has 21 heavy (non-hydrogen) atoms. The fourth-order valence-corrected chi connectivity index (χ4v) is 4.02. The standard InChI is InChI=1S/C18H29N3/c19-12-16-8-4-10-18(16)20-17-9-5-11-21(14-17)13-15-6-2-1-3-7-15/h1-3,6-7,16-18,20H,4-5,8-14,19H2. The maximum atomic E-state index is 5.91. The van der Waals surface area contributed by atoms with Crippen LogP contribution in [0.25, 0.3) is 0 Å². The molecule has 1 aromatic carbocycles. The highest BCUT2D eigenvalue weighted by Gasteiger charge is 2.29. The van der Waals surface area contributed by atoms with Gasteiger partial charge in [-0.2, -0.15) is 0 Å². The molecule has 1 saturated carbocycles. The number of piperidine rings is 1. The predicted octanol–water partition coefficient (Wildman–Crippen LogP) is 2.37. The van der Waals surface area contributed by atoms with E-state index in [9.17, 15) is 0 Å². The number of nitrogens with zero attached hydrogens (tertiary/aromatic N) is 1. The molecule has 1 aliphatic carbocycles. The van der Waals surface area contributed by atoms with Gasteiger partial charge in [-0.25, -0.2) is 0 Å². The van der Waals surface area contributed by atoms with Gasteiger partial charge in [0.25, 0.3) is 0 Å². The van der Waals surface area contributed by atoms with E-state index in [1.54, 1.807) is 0 Å². The third-order valence-corrected chi connectivity index (χ3v) is 5.17. The van der Waals surface area contributed by atoms with Crippen LogP contribution >= 0.6 is 0 Å². The Kier molecular flexibility index (Phi) is 5.28. The Morgan fingerprint density at radius 2 is 1.95 bits per heavy atom. The zero-order valence-electron chi connectivity index (χ0n) is 13.0. The summed E-state index contributed by atoms with van der Waals surface area (Å²) in [6, 6.07) is 12.2. The molecule has 3 unspecified atom stereocenters. The Labute approximate surface area is 128 Å². The van der Waals surface area contributed by atoms with Crippen LogP contribution in [0.2, 0.25) is 0 Å². The van der Waals surface area contributed by atoms with Gasteiger partial charge in [-0.3, -0.25) is 4.90 Å². The second kappa shape index (κ2) is 7.39. The number of hydrogen-bond donors (Lipinski definition) is 2. The summed E-state index contributed by atoms with van der Waals surface area (Å²) in [4.78, 5) is 2.60. The number of hydrogen-bond acceptors (Lipinski definition) is 3. The topological polar surface area (TPSA) is 41.3 Å². The van der Waals surface area contributed by atoms with Gasteiger partial charge in [0.2, 0.25) is 0 Å². The van der Waals surface area contributed by atoms with Gasteiger partial charge in [0.05, 0.1) is 0 Å². The van der Waals surface area contributed by atoms with E-state index in [1.165, 1.54) is 50.8 Å². The summed E-state index contributed by atoms with van der Waals surface area (Å²) in [5.41, 5.74) is 7.34. The summed E-state index contributed by atoms with van der Waals surface area (Å²) in [5.74, 6) is 0.703. The van der Waals surface area contributed by atoms with Crippen molar-refractivity contribution in [3.8, 4) is 0 Å². The summed E-state index contributed by atoms with van der Waals surface area (Å²) in [5, 5.41) is 3.91. The van der Waals surface area contributed by atoms with Gasteiger partial charge < -0.3 is 11.1 Å². The molecule has 3 heteroatoms. The number of nitrogens with one attached hydrogen (secondary N) is 1. The molecule has 1 heterocycles. The summed E-state index contributed by atoms with van der Waals surface area (Å²) in [7, 11) is 0. The van der Waals surface area contributed by atoms with E-state index in [1.807, 2.05) is 0 Å². The van der Waals surface area contributed by atoms with E-state index in [4.69, 9.17) is 5.73 Å². The molecular weight excluding hydrogens is 258 g/mol. The molecule has 0 radical (unpaired) electrons. The lowest BCUT2D eigenvalue weighted by molar-refractivity contribution is 0.170. The third-order valence-electron chi connectivity index (χ3n) is 5.17. The van der Waals surface area contributed by atoms with Gasteiger partial charge in [-0.1, -0.05) is 36.8 Å². The first kappa shape index (κ1) is 15.0.